The molecule has 0 saturated carbocycles. The maximum Gasteiger partial charge on any atom is 0.308 e. The van der Waals surface area contributed by atoms with Gasteiger partial charge in [-0.3, -0.25) is 4.79 Å². The summed E-state index contributed by atoms with van der Waals surface area (Å²) in [6.07, 6.45) is 4.64. The Morgan fingerprint density at radius 3 is 2.89 bits per heavy atom. The molecular weight excluding hydrogens is 230 g/mol. The van der Waals surface area contributed by atoms with E-state index in [1.54, 1.807) is 6.33 Å². The first-order chi connectivity index (χ1) is 8.59. The SMILES string of the molecule is CC(C)C(CNc1ncnc2c1CCC2)C(=O)O. The zero-order valence-electron chi connectivity index (χ0n) is 10.8. The molecular formula is C13H19N3O2. The zero-order chi connectivity index (χ0) is 13.1. The van der Waals surface area contributed by atoms with Crippen LogP contribution in [0.1, 0.15) is 31.5 Å². The highest BCUT2D eigenvalue weighted by Gasteiger charge is 2.23. The second kappa shape index (κ2) is 5.33. The van der Waals surface area contributed by atoms with E-state index in [4.69, 9.17) is 5.11 Å². The number of carboxylic acid groups (broad SMARTS) is 1. The Morgan fingerprint density at radius 2 is 2.22 bits per heavy atom. The van der Waals surface area contributed by atoms with Crippen molar-refractivity contribution in [2.24, 2.45) is 11.8 Å². The number of nitrogens with one attached hydrogen (secondary N) is 1. The topological polar surface area (TPSA) is 75.1 Å². The molecule has 1 aromatic heterocycles. The molecule has 2 rings (SSSR count). The van der Waals surface area contributed by atoms with Crippen molar-refractivity contribution in [2.75, 3.05) is 11.9 Å². The fourth-order valence-electron chi connectivity index (χ4n) is 2.33. The van der Waals surface area contributed by atoms with E-state index in [0.717, 1.165) is 36.3 Å². The minimum absolute atomic E-state index is 0.102. The predicted molar refractivity (Wildman–Crippen MR) is 68.5 cm³/mol. The third-order valence-corrected chi connectivity index (χ3v) is 3.49. The second-order valence-corrected chi connectivity index (χ2v) is 5.07. The highest BCUT2D eigenvalue weighted by Crippen LogP contribution is 2.25. The molecule has 5 heteroatoms. The molecule has 0 amide bonds. The van der Waals surface area contributed by atoms with Crippen molar-refractivity contribution in [3.8, 4) is 0 Å². The van der Waals surface area contributed by atoms with Gasteiger partial charge in [-0.1, -0.05) is 13.8 Å². The van der Waals surface area contributed by atoms with Crippen LogP contribution < -0.4 is 5.32 Å². The molecule has 0 fully saturated rings. The first kappa shape index (κ1) is 12.8. The number of aliphatic carboxylic acids is 1. The molecule has 2 N–H and O–H groups in total. The van der Waals surface area contributed by atoms with Crippen LogP contribution in [0.2, 0.25) is 0 Å². The number of aromatic nitrogens is 2. The Bertz CT molecular complexity index is 446. The van der Waals surface area contributed by atoms with Crippen molar-refractivity contribution < 1.29 is 9.90 Å². The van der Waals surface area contributed by atoms with Gasteiger partial charge in [0.25, 0.3) is 0 Å². The number of rotatable bonds is 5. The van der Waals surface area contributed by atoms with E-state index in [1.165, 1.54) is 0 Å². The van der Waals surface area contributed by atoms with E-state index in [0.29, 0.717) is 6.54 Å². The summed E-state index contributed by atoms with van der Waals surface area (Å²) in [4.78, 5) is 19.6. The first-order valence-electron chi connectivity index (χ1n) is 6.39. The lowest BCUT2D eigenvalue weighted by Crippen LogP contribution is -2.28. The van der Waals surface area contributed by atoms with E-state index >= 15 is 0 Å². The van der Waals surface area contributed by atoms with E-state index in [9.17, 15) is 4.79 Å². The summed E-state index contributed by atoms with van der Waals surface area (Å²) in [6.45, 7) is 4.26. The van der Waals surface area contributed by atoms with E-state index < -0.39 is 11.9 Å². The summed E-state index contributed by atoms with van der Waals surface area (Å²) in [5, 5.41) is 12.3. The van der Waals surface area contributed by atoms with Crippen molar-refractivity contribution in [1.29, 1.82) is 0 Å². The van der Waals surface area contributed by atoms with Gasteiger partial charge in [-0.05, 0) is 25.2 Å². The minimum Gasteiger partial charge on any atom is -0.481 e. The smallest absolute Gasteiger partial charge is 0.308 e. The summed E-state index contributed by atoms with van der Waals surface area (Å²) >= 11 is 0. The maximum atomic E-state index is 11.1. The van der Waals surface area contributed by atoms with Crippen LogP contribution in [0.5, 0.6) is 0 Å². The van der Waals surface area contributed by atoms with Crippen molar-refractivity contribution in [3.63, 3.8) is 0 Å². The van der Waals surface area contributed by atoms with Gasteiger partial charge in [0.15, 0.2) is 0 Å². The lowest BCUT2D eigenvalue weighted by atomic mass is 9.96. The number of hydrogen-bond acceptors (Lipinski definition) is 4. The molecule has 0 saturated heterocycles. The summed E-state index contributed by atoms with van der Waals surface area (Å²) in [5.41, 5.74) is 2.26. The van der Waals surface area contributed by atoms with Crippen LogP contribution in [0.15, 0.2) is 6.33 Å². The molecule has 1 aromatic rings. The molecule has 18 heavy (non-hydrogen) atoms. The lowest BCUT2D eigenvalue weighted by Gasteiger charge is -2.18. The standard InChI is InChI=1S/C13H19N3O2/c1-8(2)10(13(17)18)6-14-12-9-4-3-5-11(9)15-7-16-12/h7-8,10H,3-6H2,1-2H3,(H,17,18)(H,14,15,16). The van der Waals surface area contributed by atoms with Gasteiger partial charge in [0.2, 0.25) is 0 Å². The first-order valence-corrected chi connectivity index (χ1v) is 6.39. The molecule has 1 aliphatic rings. The van der Waals surface area contributed by atoms with E-state index in [2.05, 4.69) is 15.3 Å². The summed E-state index contributed by atoms with van der Waals surface area (Å²) in [5.74, 6) is -0.241. The maximum absolute atomic E-state index is 11.1. The number of aryl methyl sites for hydroxylation is 1. The highest BCUT2D eigenvalue weighted by molar-refractivity contribution is 5.71. The highest BCUT2D eigenvalue weighted by atomic mass is 16.4. The van der Waals surface area contributed by atoms with Crippen LogP contribution in [-0.4, -0.2) is 27.6 Å². The Kier molecular flexibility index (Phi) is 3.79. The normalized spacial score (nSPS) is 15.5. The molecule has 1 heterocycles. The van der Waals surface area contributed by atoms with Crippen LogP contribution in [-0.2, 0) is 17.6 Å². The van der Waals surface area contributed by atoms with Crippen molar-refractivity contribution in [3.05, 3.63) is 17.6 Å². The minimum atomic E-state index is -0.761. The van der Waals surface area contributed by atoms with Crippen LogP contribution in [0.25, 0.3) is 0 Å². The molecule has 0 aromatic carbocycles. The predicted octanol–water partition coefficient (Wildman–Crippen LogP) is 1.73. The number of fused-ring (bicyclic) bond motifs is 1. The number of hydrogen-bond donors (Lipinski definition) is 2. The molecule has 0 aliphatic heterocycles. The average molecular weight is 249 g/mol. The van der Waals surface area contributed by atoms with Gasteiger partial charge in [0.05, 0.1) is 5.92 Å². The fraction of sp³-hybridized carbons (Fsp3) is 0.615. The molecule has 1 aliphatic carbocycles. The zero-order valence-corrected chi connectivity index (χ0v) is 10.8. The lowest BCUT2D eigenvalue weighted by molar-refractivity contribution is -0.142. The van der Waals surface area contributed by atoms with Gasteiger partial charge in [0.1, 0.15) is 12.1 Å². The summed E-state index contributed by atoms with van der Waals surface area (Å²) < 4.78 is 0. The Labute approximate surface area is 107 Å². The van der Waals surface area contributed by atoms with Crippen LogP contribution in [0, 0.1) is 11.8 Å². The number of carboxylic acids is 1. The van der Waals surface area contributed by atoms with Gasteiger partial charge >= 0.3 is 5.97 Å². The molecule has 5 nitrogen and oxygen atoms in total. The second-order valence-electron chi connectivity index (χ2n) is 5.07. The molecule has 0 radical (unpaired) electrons. The van der Waals surface area contributed by atoms with E-state index in [-0.39, 0.29) is 5.92 Å². The molecule has 0 bridgehead atoms. The van der Waals surface area contributed by atoms with Crippen LogP contribution in [0.3, 0.4) is 0 Å². The van der Waals surface area contributed by atoms with Gasteiger partial charge in [-0.15, -0.1) is 0 Å². The Morgan fingerprint density at radius 1 is 1.44 bits per heavy atom. The molecule has 98 valence electrons. The van der Waals surface area contributed by atoms with Gasteiger partial charge in [0, 0.05) is 17.8 Å². The van der Waals surface area contributed by atoms with Crippen molar-refractivity contribution in [1.82, 2.24) is 9.97 Å². The van der Waals surface area contributed by atoms with Gasteiger partial charge in [-0.25, -0.2) is 9.97 Å². The Balaban J connectivity index is 2.06. The van der Waals surface area contributed by atoms with Gasteiger partial charge in [-0.2, -0.15) is 0 Å². The van der Waals surface area contributed by atoms with Crippen LogP contribution in [0.4, 0.5) is 5.82 Å². The third kappa shape index (κ3) is 2.60. The molecule has 0 spiro atoms. The molecule has 1 unspecified atom stereocenters. The average Bonchev–Trinajstić information content (AvgIpc) is 2.77. The van der Waals surface area contributed by atoms with E-state index in [1.807, 2.05) is 13.8 Å². The quantitative estimate of drug-likeness (QED) is 0.831. The van der Waals surface area contributed by atoms with Crippen molar-refractivity contribution in [2.45, 2.75) is 33.1 Å². The monoisotopic (exact) mass is 249 g/mol. The number of nitrogens with zero attached hydrogens (tertiary/aromatic N) is 2. The largest absolute Gasteiger partial charge is 0.481 e. The van der Waals surface area contributed by atoms with Crippen LogP contribution >= 0.6 is 0 Å². The fourth-order valence-corrected chi connectivity index (χ4v) is 2.33. The number of anilines is 1. The molecule has 1 atom stereocenters. The Hall–Kier alpha value is -1.65. The summed E-state index contributed by atoms with van der Waals surface area (Å²) in [7, 11) is 0. The van der Waals surface area contributed by atoms with Crippen molar-refractivity contribution >= 4 is 11.8 Å². The van der Waals surface area contributed by atoms with Gasteiger partial charge < -0.3 is 10.4 Å². The number of carbonyl (C=O) groups is 1. The third-order valence-electron chi connectivity index (χ3n) is 3.49. The summed E-state index contributed by atoms with van der Waals surface area (Å²) in [6, 6.07) is 0.